The fourth-order valence-electron chi connectivity index (χ4n) is 2.37. The number of aryl methyl sites for hydroxylation is 2. The molecule has 1 aromatic rings. The largest absolute Gasteiger partial charge is 0.326 e. The molecule has 6 heteroatoms. The summed E-state index contributed by atoms with van der Waals surface area (Å²) in [6, 6.07) is 5.98. The number of nitrogens with zero attached hydrogens (tertiary/aromatic N) is 1. The molecule has 0 saturated heterocycles. The highest BCUT2D eigenvalue weighted by Gasteiger charge is 2.17. The molecule has 0 aliphatic carbocycles. The SMILES string of the molecule is C=CCN(CCC(=O)Nc1c(CC)cccc1CC)S(C)(=O)=O. The molecule has 0 unspecified atom stereocenters. The van der Waals surface area contributed by atoms with Crippen molar-refractivity contribution in [3.8, 4) is 0 Å². The van der Waals surface area contributed by atoms with Gasteiger partial charge in [0.2, 0.25) is 15.9 Å². The molecule has 128 valence electrons. The Morgan fingerprint density at radius 1 is 1.26 bits per heavy atom. The highest BCUT2D eigenvalue weighted by molar-refractivity contribution is 7.88. The van der Waals surface area contributed by atoms with Crippen LogP contribution in [0.3, 0.4) is 0 Å². The first-order chi connectivity index (χ1) is 10.8. The van der Waals surface area contributed by atoms with E-state index in [4.69, 9.17) is 0 Å². The third-order valence-electron chi connectivity index (χ3n) is 3.65. The number of rotatable bonds is 9. The van der Waals surface area contributed by atoms with Crippen molar-refractivity contribution in [3.63, 3.8) is 0 Å². The fraction of sp³-hybridized carbons (Fsp3) is 0.471. The molecule has 0 fully saturated rings. The van der Waals surface area contributed by atoms with Crippen LogP contribution in [-0.4, -0.2) is 38.0 Å². The summed E-state index contributed by atoms with van der Waals surface area (Å²) in [5.74, 6) is -0.182. The molecule has 1 amide bonds. The highest BCUT2D eigenvalue weighted by atomic mass is 32.2. The van der Waals surface area contributed by atoms with Crippen molar-refractivity contribution < 1.29 is 13.2 Å². The summed E-state index contributed by atoms with van der Waals surface area (Å²) in [5.41, 5.74) is 3.03. The molecule has 1 aromatic carbocycles. The van der Waals surface area contributed by atoms with Crippen LogP contribution in [0.4, 0.5) is 5.69 Å². The number of anilines is 1. The van der Waals surface area contributed by atoms with Gasteiger partial charge in [0.25, 0.3) is 0 Å². The molecule has 0 saturated carbocycles. The molecule has 1 rings (SSSR count). The lowest BCUT2D eigenvalue weighted by Gasteiger charge is -2.19. The van der Waals surface area contributed by atoms with E-state index in [-0.39, 0.29) is 25.4 Å². The predicted octanol–water partition coefficient (Wildman–Crippen LogP) is 2.59. The Bertz CT molecular complexity index is 632. The van der Waals surface area contributed by atoms with Gasteiger partial charge in [-0.2, -0.15) is 4.31 Å². The Labute approximate surface area is 139 Å². The van der Waals surface area contributed by atoms with Crippen LogP contribution in [0.5, 0.6) is 0 Å². The molecule has 0 aliphatic heterocycles. The second kappa shape index (κ2) is 8.84. The Balaban J connectivity index is 2.79. The van der Waals surface area contributed by atoms with Crippen molar-refractivity contribution in [1.82, 2.24) is 4.31 Å². The number of hydrogen-bond acceptors (Lipinski definition) is 3. The number of amides is 1. The summed E-state index contributed by atoms with van der Waals surface area (Å²) < 4.78 is 24.5. The number of benzene rings is 1. The first kappa shape index (κ1) is 19.4. The second-order valence-corrected chi connectivity index (χ2v) is 7.35. The Hall–Kier alpha value is -1.66. The van der Waals surface area contributed by atoms with E-state index < -0.39 is 10.0 Å². The van der Waals surface area contributed by atoms with Gasteiger partial charge < -0.3 is 5.32 Å². The summed E-state index contributed by atoms with van der Waals surface area (Å²) in [7, 11) is -3.34. The zero-order chi connectivity index (χ0) is 17.5. The van der Waals surface area contributed by atoms with Gasteiger partial charge in [-0.15, -0.1) is 6.58 Å². The number of para-hydroxylation sites is 1. The fourth-order valence-corrected chi connectivity index (χ4v) is 3.17. The molecule has 0 aliphatic rings. The van der Waals surface area contributed by atoms with Gasteiger partial charge in [0.1, 0.15) is 0 Å². The minimum atomic E-state index is -3.34. The summed E-state index contributed by atoms with van der Waals surface area (Å²) in [6.07, 6.45) is 4.42. The van der Waals surface area contributed by atoms with E-state index in [1.807, 2.05) is 32.0 Å². The zero-order valence-electron chi connectivity index (χ0n) is 14.1. The number of nitrogens with one attached hydrogen (secondary N) is 1. The van der Waals surface area contributed by atoms with Crippen LogP contribution in [0.1, 0.15) is 31.4 Å². The van der Waals surface area contributed by atoms with Crippen LogP contribution in [-0.2, 0) is 27.7 Å². The lowest BCUT2D eigenvalue weighted by Crippen LogP contribution is -2.33. The van der Waals surface area contributed by atoms with E-state index in [9.17, 15) is 13.2 Å². The third kappa shape index (κ3) is 5.80. The van der Waals surface area contributed by atoms with E-state index in [1.165, 1.54) is 10.4 Å². The summed E-state index contributed by atoms with van der Waals surface area (Å²) >= 11 is 0. The van der Waals surface area contributed by atoms with E-state index >= 15 is 0 Å². The quantitative estimate of drug-likeness (QED) is 0.704. The van der Waals surface area contributed by atoms with Crippen LogP contribution >= 0.6 is 0 Å². The minimum absolute atomic E-state index is 0.113. The van der Waals surface area contributed by atoms with Crippen molar-refractivity contribution in [3.05, 3.63) is 42.0 Å². The van der Waals surface area contributed by atoms with Crippen molar-refractivity contribution in [2.45, 2.75) is 33.1 Å². The molecule has 0 aromatic heterocycles. The lowest BCUT2D eigenvalue weighted by molar-refractivity contribution is -0.116. The Kier molecular flexibility index (Phi) is 7.45. The van der Waals surface area contributed by atoms with Crippen molar-refractivity contribution in [1.29, 1.82) is 0 Å². The van der Waals surface area contributed by atoms with Gasteiger partial charge in [0, 0.05) is 25.2 Å². The lowest BCUT2D eigenvalue weighted by atomic mass is 10.0. The molecule has 1 N–H and O–H groups in total. The van der Waals surface area contributed by atoms with Gasteiger partial charge in [0.15, 0.2) is 0 Å². The van der Waals surface area contributed by atoms with Gasteiger partial charge in [-0.05, 0) is 24.0 Å². The smallest absolute Gasteiger partial charge is 0.225 e. The molecule has 0 heterocycles. The summed E-state index contributed by atoms with van der Waals surface area (Å²) in [4.78, 5) is 12.2. The topological polar surface area (TPSA) is 66.5 Å². The van der Waals surface area contributed by atoms with Gasteiger partial charge in [-0.1, -0.05) is 38.1 Å². The molecule has 0 radical (unpaired) electrons. The van der Waals surface area contributed by atoms with Crippen LogP contribution in [0.15, 0.2) is 30.9 Å². The second-order valence-electron chi connectivity index (χ2n) is 5.37. The van der Waals surface area contributed by atoms with Gasteiger partial charge in [0.05, 0.1) is 6.26 Å². The maximum absolute atomic E-state index is 12.2. The van der Waals surface area contributed by atoms with Crippen molar-refractivity contribution in [2.24, 2.45) is 0 Å². The standard InChI is InChI=1S/C17H26N2O3S/c1-5-12-19(23(4,21)22)13-11-16(20)18-17-14(6-2)9-8-10-15(17)7-3/h5,8-10H,1,6-7,11-13H2,2-4H3,(H,18,20). The van der Waals surface area contributed by atoms with Crippen molar-refractivity contribution in [2.75, 3.05) is 24.7 Å². The van der Waals surface area contributed by atoms with E-state index in [2.05, 4.69) is 11.9 Å². The molecule has 5 nitrogen and oxygen atoms in total. The van der Waals surface area contributed by atoms with Crippen molar-refractivity contribution >= 4 is 21.6 Å². The van der Waals surface area contributed by atoms with E-state index in [0.29, 0.717) is 0 Å². The molecular weight excluding hydrogens is 312 g/mol. The highest BCUT2D eigenvalue weighted by Crippen LogP contribution is 2.22. The Morgan fingerprint density at radius 3 is 2.26 bits per heavy atom. The van der Waals surface area contributed by atoms with E-state index in [0.717, 1.165) is 35.9 Å². The Morgan fingerprint density at radius 2 is 1.83 bits per heavy atom. The maximum Gasteiger partial charge on any atom is 0.225 e. The molecule has 0 atom stereocenters. The molecular formula is C17H26N2O3S. The average molecular weight is 338 g/mol. The summed E-state index contributed by atoms with van der Waals surface area (Å²) in [5, 5.41) is 2.94. The first-order valence-corrected chi connectivity index (χ1v) is 9.64. The normalized spacial score (nSPS) is 11.5. The monoisotopic (exact) mass is 338 g/mol. The number of carbonyl (C=O) groups excluding carboxylic acids is 1. The first-order valence-electron chi connectivity index (χ1n) is 7.80. The summed E-state index contributed by atoms with van der Waals surface area (Å²) in [6.45, 7) is 7.98. The van der Waals surface area contributed by atoms with Gasteiger partial charge in [-0.25, -0.2) is 8.42 Å². The molecule has 23 heavy (non-hydrogen) atoms. The molecule has 0 spiro atoms. The van der Waals surface area contributed by atoms with Crippen LogP contribution in [0.2, 0.25) is 0 Å². The average Bonchev–Trinajstić information content (AvgIpc) is 2.50. The minimum Gasteiger partial charge on any atom is -0.326 e. The van der Waals surface area contributed by atoms with E-state index in [1.54, 1.807) is 0 Å². The van der Waals surface area contributed by atoms with Crippen LogP contribution < -0.4 is 5.32 Å². The number of hydrogen-bond donors (Lipinski definition) is 1. The number of sulfonamides is 1. The maximum atomic E-state index is 12.2. The number of carbonyl (C=O) groups is 1. The van der Waals surface area contributed by atoms with Gasteiger partial charge in [-0.3, -0.25) is 4.79 Å². The van der Waals surface area contributed by atoms with Crippen LogP contribution in [0, 0.1) is 0 Å². The zero-order valence-corrected chi connectivity index (χ0v) is 14.9. The predicted molar refractivity (Wildman–Crippen MR) is 95.1 cm³/mol. The third-order valence-corrected chi connectivity index (χ3v) is 4.92. The van der Waals surface area contributed by atoms with Crippen LogP contribution in [0.25, 0.3) is 0 Å². The molecule has 0 bridgehead atoms. The van der Waals surface area contributed by atoms with Gasteiger partial charge >= 0.3 is 0 Å².